The van der Waals surface area contributed by atoms with Crippen molar-refractivity contribution in [3.8, 4) is 5.88 Å². The van der Waals surface area contributed by atoms with Gasteiger partial charge in [0, 0.05) is 20.2 Å². The molecular formula is C8H9ClN2O2. The summed E-state index contributed by atoms with van der Waals surface area (Å²) < 4.78 is 0. The molecule has 0 radical (unpaired) electrons. The van der Waals surface area contributed by atoms with E-state index in [4.69, 9.17) is 16.7 Å². The summed E-state index contributed by atoms with van der Waals surface area (Å²) in [5, 5.41) is 8.95. The Labute approximate surface area is 80.8 Å². The van der Waals surface area contributed by atoms with Gasteiger partial charge >= 0.3 is 0 Å². The second-order valence-corrected chi connectivity index (χ2v) is 3.07. The molecule has 0 aliphatic rings. The van der Waals surface area contributed by atoms with Crippen LogP contribution in [-0.2, 0) is 0 Å². The molecule has 0 atom stereocenters. The highest BCUT2D eigenvalue weighted by Crippen LogP contribution is 2.17. The van der Waals surface area contributed by atoms with Gasteiger partial charge < -0.3 is 10.0 Å². The molecule has 0 unspecified atom stereocenters. The minimum Gasteiger partial charge on any atom is -0.493 e. The topological polar surface area (TPSA) is 53.4 Å². The first kappa shape index (κ1) is 9.80. The zero-order valence-electron chi connectivity index (χ0n) is 7.28. The van der Waals surface area contributed by atoms with Gasteiger partial charge in [0.25, 0.3) is 5.91 Å². The van der Waals surface area contributed by atoms with Crippen molar-refractivity contribution in [1.82, 2.24) is 9.88 Å². The van der Waals surface area contributed by atoms with Gasteiger partial charge in [-0.2, -0.15) is 0 Å². The maximum absolute atomic E-state index is 11.4. The fourth-order valence-corrected chi connectivity index (χ4v) is 1.06. The lowest BCUT2D eigenvalue weighted by Crippen LogP contribution is -2.22. The first-order valence-corrected chi connectivity index (χ1v) is 3.97. The number of pyridine rings is 1. The number of halogens is 1. The Balaban J connectivity index is 3.09. The molecule has 0 saturated carbocycles. The van der Waals surface area contributed by atoms with Crippen LogP contribution in [-0.4, -0.2) is 35.0 Å². The van der Waals surface area contributed by atoms with E-state index in [2.05, 4.69) is 4.98 Å². The van der Waals surface area contributed by atoms with Crippen molar-refractivity contribution in [3.05, 3.63) is 22.8 Å². The lowest BCUT2D eigenvalue weighted by molar-refractivity contribution is 0.0827. The highest BCUT2D eigenvalue weighted by atomic mass is 35.5. The van der Waals surface area contributed by atoms with E-state index in [0.29, 0.717) is 0 Å². The molecule has 0 saturated heterocycles. The highest BCUT2D eigenvalue weighted by molar-refractivity contribution is 6.32. The third-order valence-electron chi connectivity index (χ3n) is 1.47. The van der Waals surface area contributed by atoms with E-state index < -0.39 is 0 Å². The molecule has 0 fully saturated rings. The lowest BCUT2D eigenvalue weighted by Gasteiger charge is -2.10. The number of carbonyl (C=O) groups excluding carboxylic acids is 1. The summed E-state index contributed by atoms with van der Waals surface area (Å²) in [6.45, 7) is 0. The minimum absolute atomic E-state index is 0.0127. The second-order valence-electron chi connectivity index (χ2n) is 2.71. The molecule has 1 rings (SSSR count). The fraction of sp³-hybridized carbons (Fsp3) is 0.250. The van der Waals surface area contributed by atoms with Crippen molar-refractivity contribution >= 4 is 17.5 Å². The largest absolute Gasteiger partial charge is 0.493 e. The van der Waals surface area contributed by atoms with E-state index in [1.807, 2.05) is 0 Å². The molecule has 1 heterocycles. The molecule has 5 heteroatoms. The molecule has 0 spiro atoms. The first-order chi connectivity index (χ1) is 6.02. The summed E-state index contributed by atoms with van der Waals surface area (Å²) in [7, 11) is 3.23. The van der Waals surface area contributed by atoms with Gasteiger partial charge in [0.05, 0.1) is 5.56 Å². The predicted octanol–water partition coefficient (Wildman–Crippen LogP) is 1.14. The number of hydrogen-bond acceptors (Lipinski definition) is 3. The quantitative estimate of drug-likeness (QED) is 0.692. The van der Waals surface area contributed by atoms with E-state index >= 15 is 0 Å². The predicted molar refractivity (Wildman–Crippen MR) is 48.9 cm³/mol. The van der Waals surface area contributed by atoms with Gasteiger partial charge in [0.2, 0.25) is 5.88 Å². The number of hydrogen-bond donors (Lipinski definition) is 1. The van der Waals surface area contributed by atoms with Gasteiger partial charge in [-0.3, -0.25) is 4.79 Å². The SMILES string of the molecule is CN(C)C(=O)c1ccc(O)nc1Cl. The minimum atomic E-state index is -0.238. The number of nitrogens with zero attached hydrogens (tertiary/aromatic N) is 2. The average Bonchev–Trinajstić information content (AvgIpc) is 2.03. The molecule has 1 amide bonds. The average molecular weight is 201 g/mol. The van der Waals surface area contributed by atoms with Crippen LogP contribution in [0.5, 0.6) is 5.88 Å². The van der Waals surface area contributed by atoms with E-state index in [1.165, 1.54) is 17.0 Å². The van der Waals surface area contributed by atoms with Crippen LogP contribution in [0.15, 0.2) is 12.1 Å². The van der Waals surface area contributed by atoms with E-state index in [0.717, 1.165) is 0 Å². The molecule has 1 aromatic heterocycles. The number of rotatable bonds is 1. The maximum atomic E-state index is 11.4. The molecule has 0 bridgehead atoms. The van der Waals surface area contributed by atoms with Gasteiger partial charge in [-0.15, -0.1) is 0 Å². The number of aromatic hydroxyl groups is 1. The van der Waals surface area contributed by atoms with Gasteiger partial charge in [-0.25, -0.2) is 4.98 Å². The van der Waals surface area contributed by atoms with Crippen molar-refractivity contribution in [2.45, 2.75) is 0 Å². The Hall–Kier alpha value is -1.29. The third kappa shape index (κ3) is 2.09. The van der Waals surface area contributed by atoms with Crippen LogP contribution < -0.4 is 0 Å². The van der Waals surface area contributed by atoms with Crippen LogP contribution in [0, 0.1) is 0 Å². The van der Waals surface area contributed by atoms with Gasteiger partial charge in [-0.1, -0.05) is 11.6 Å². The van der Waals surface area contributed by atoms with Crippen LogP contribution in [0.25, 0.3) is 0 Å². The fourth-order valence-electron chi connectivity index (χ4n) is 0.825. The number of aromatic nitrogens is 1. The van der Waals surface area contributed by atoms with Crippen LogP contribution >= 0.6 is 11.6 Å². The number of amides is 1. The Morgan fingerprint density at radius 1 is 1.54 bits per heavy atom. The van der Waals surface area contributed by atoms with Gasteiger partial charge in [0.1, 0.15) is 5.15 Å². The standard InChI is InChI=1S/C8H9ClN2O2/c1-11(2)8(13)5-3-4-6(12)10-7(5)9/h3-4H,1-2H3,(H,10,12). The summed E-state index contributed by atoms with van der Waals surface area (Å²) in [6.07, 6.45) is 0. The Morgan fingerprint density at radius 3 is 2.62 bits per heavy atom. The third-order valence-corrected chi connectivity index (χ3v) is 1.76. The smallest absolute Gasteiger partial charge is 0.256 e. The highest BCUT2D eigenvalue weighted by Gasteiger charge is 2.13. The molecule has 70 valence electrons. The maximum Gasteiger partial charge on any atom is 0.256 e. The Kier molecular flexibility index (Phi) is 2.72. The zero-order valence-corrected chi connectivity index (χ0v) is 8.04. The van der Waals surface area contributed by atoms with E-state index in [9.17, 15) is 4.79 Å². The molecule has 13 heavy (non-hydrogen) atoms. The van der Waals surface area contributed by atoms with Crippen molar-refractivity contribution in [1.29, 1.82) is 0 Å². The molecule has 4 nitrogen and oxygen atoms in total. The molecule has 1 N–H and O–H groups in total. The van der Waals surface area contributed by atoms with Crippen molar-refractivity contribution < 1.29 is 9.90 Å². The van der Waals surface area contributed by atoms with Crippen LogP contribution in [0.3, 0.4) is 0 Å². The van der Waals surface area contributed by atoms with Crippen LogP contribution in [0.2, 0.25) is 5.15 Å². The molecule has 0 aliphatic heterocycles. The Bertz CT molecular complexity index is 339. The van der Waals surface area contributed by atoms with E-state index in [1.54, 1.807) is 14.1 Å². The van der Waals surface area contributed by atoms with Crippen molar-refractivity contribution in [3.63, 3.8) is 0 Å². The summed E-state index contributed by atoms with van der Waals surface area (Å²) in [4.78, 5) is 16.3. The van der Waals surface area contributed by atoms with Gasteiger partial charge in [0.15, 0.2) is 0 Å². The second kappa shape index (κ2) is 3.62. The first-order valence-electron chi connectivity index (χ1n) is 3.59. The molecular weight excluding hydrogens is 192 g/mol. The summed E-state index contributed by atoms with van der Waals surface area (Å²) >= 11 is 5.65. The van der Waals surface area contributed by atoms with Crippen LogP contribution in [0.4, 0.5) is 0 Å². The lowest BCUT2D eigenvalue weighted by atomic mass is 10.2. The van der Waals surface area contributed by atoms with E-state index in [-0.39, 0.29) is 22.5 Å². The number of carbonyl (C=O) groups is 1. The molecule has 1 aromatic rings. The normalized spacial score (nSPS) is 9.77. The van der Waals surface area contributed by atoms with Crippen molar-refractivity contribution in [2.75, 3.05) is 14.1 Å². The monoisotopic (exact) mass is 200 g/mol. The summed E-state index contributed by atoms with van der Waals surface area (Å²) in [6, 6.07) is 2.76. The molecule has 0 aliphatic carbocycles. The van der Waals surface area contributed by atoms with Crippen molar-refractivity contribution in [2.24, 2.45) is 0 Å². The zero-order chi connectivity index (χ0) is 10.0. The van der Waals surface area contributed by atoms with Gasteiger partial charge in [-0.05, 0) is 6.07 Å². The van der Waals surface area contributed by atoms with Crippen LogP contribution in [0.1, 0.15) is 10.4 Å². The molecule has 0 aromatic carbocycles. The summed E-state index contributed by atoms with van der Waals surface area (Å²) in [5.41, 5.74) is 0.282. The Morgan fingerprint density at radius 2 is 2.15 bits per heavy atom. The summed E-state index contributed by atoms with van der Waals surface area (Å²) in [5.74, 6) is -0.433.